The van der Waals surface area contributed by atoms with Crippen molar-refractivity contribution in [2.75, 3.05) is 14.2 Å². The lowest BCUT2D eigenvalue weighted by molar-refractivity contribution is 0.360. The van der Waals surface area contributed by atoms with Crippen LogP contribution in [0.25, 0.3) is 0 Å². The minimum absolute atomic E-state index is 0.221. The summed E-state index contributed by atoms with van der Waals surface area (Å²) in [5.74, 6) is 0.0657. The molecule has 0 saturated carbocycles. The molecule has 1 atom stereocenters. The second-order valence-electron chi connectivity index (χ2n) is 5.10. The van der Waals surface area contributed by atoms with Crippen LogP contribution in [0.2, 0.25) is 0 Å². The zero-order valence-electron chi connectivity index (χ0n) is 11.3. The summed E-state index contributed by atoms with van der Waals surface area (Å²) in [6.45, 7) is 6.21. The molecule has 17 heavy (non-hydrogen) atoms. The third kappa shape index (κ3) is 3.19. The van der Waals surface area contributed by atoms with E-state index >= 15 is 0 Å². The van der Waals surface area contributed by atoms with Gasteiger partial charge in [-0.25, -0.2) is 4.39 Å². The Morgan fingerprint density at radius 2 is 2.06 bits per heavy atom. The first-order chi connectivity index (χ1) is 7.92. The number of nitrogens with one attached hydrogen (secondary N) is 1. The second kappa shape index (κ2) is 5.50. The smallest absolute Gasteiger partial charge is 0.168 e. The lowest BCUT2D eigenvalue weighted by Crippen LogP contribution is -2.31. The molecule has 1 aromatic carbocycles. The zero-order chi connectivity index (χ0) is 13.1. The maximum atomic E-state index is 14.2. The van der Waals surface area contributed by atoms with E-state index in [9.17, 15) is 4.39 Å². The van der Waals surface area contributed by atoms with Gasteiger partial charge in [-0.2, -0.15) is 0 Å². The van der Waals surface area contributed by atoms with Gasteiger partial charge in [0.05, 0.1) is 7.11 Å². The quantitative estimate of drug-likeness (QED) is 0.852. The molecule has 0 aliphatic carbocycles. The molecule has 0 aliphatic heterocycles. The normalized spacial score (nSPS) is 13.5. The van der Waals surface area contributed by atoms with E-state index < -0.39 is 0 Å². The Morgan fingerprint density at radius 3 is 2.59 bits per heavy atom. The minimum atomic E-state index is -0.247. The van der Waals surface area contributed by atoms with Crippen molar-refractivity contribution in [2.24, 2.45) is 0 Å². The highest BCUT2D eigenvalue weighted by molar-refractivity contribution is 5.35. The average Bonchev–Trinajstić information content (AvgIpc) is 2.28. The fourth-order valence-electron chi connectivity index (χ4n) is 2.17. The Hall–Kier alpha value is -1.09. The molecule has 1 aromatic rings. The number of halogens is 1. The number of rotatable bonds is 5. The molecule has 0 bridgehead atoms. The fourth-order valence-corrected chi connectivity index (χ4v) is 2.17. The Kier molecular flexibility index (Phi) is 4.52. The maximum absolute atomic E-state index is 14.2. The van der Waals surface area contributed by atoms with Crippen molar-refractivity contribution in [3.8, 4) is 5.75 Å². The zero-order valence-corrected chi connectivity index (χ0v) is 11.3. The predicted molar refractivity (Wildman–Crippen MR) is 69.1 cm³/mol. The van der Waals surface area contributed by atoms with Gasteiger partial charge in [-0.3, -0.25) is 0 Å². The molecule has 0 aromatic heterocycles. The first kappa shape index (κ1) is 14.0. The van der Waals surface area contributed by atoms with Gasteiger partial charge in [-0.05, 0) is 37.4 Å². The second-order valence-corrected chi connectivity index (χ2v) is 5.10. The summed E-state index contributed by atoms with van der Waals surface area (Å²) < 4.78 is 19.2. The third-order valence-electron chi connectivity index (χ3n) is 3.22. The number of hydrogen-bond acceptors (Lipinski definition) is 2. The van der Waals surface area contributed by atoms with E-state index in [0.29, 0.717) is 17.4 Å². The first-order valence-electron chi connectivity index (χ1n) is 5.92. The van der Waals surface area contributed by atoms with Gasteiger partial charge in [0.2, 0.25) is 0 Å². The van der Waals surface area contributed by atoms with Gasteiger partial charge in [0, 0.05) is 6.04 Å². The molecular weight excluding hydrogens is 217 g/mol. The molecule has 1 unspecified atom stereocenters. The van der Waals surface area contributed by atoms with Crippen molar-refractivity contribution >= 4 is 0 Å². The van der Waals surface area contributed by atoms with E-state index in [-0.39, 0.29) is 11.2 Å². The number of hydrogen-bond donors (Lipinski definition) is 1. The van der Waals surface area contributed by atoms with E-state index in [2.05, 4.69) is 26.1 Å². The summed E-state index contributed by atoms with van der Waals surface area (Å²) in [6.07, 6.45) is 0.869. The lowest BCUT2D eigenvalue weighted by atomic mass is 9.79. The first-order valence-corrected chi connectivity index (χ1v) is 5.92. The largest absolute Gasteiger partial charge is 0.494 e. The molecule has 2 nitrogen and oxygen atoms in total. The van der Waals surface area contributed by atoms with Crippen LogP contribution in [0.5, 0.6) is 5.75 Å². The van der Waals surface area contributed by atoms with Gasteiger partial charge in [0.15, 0.2) is 11.6 Å². The average molecular weight is 239 g/mol. The Bertz CT molecular complexity index is 376. The van der Waals surface area contributed by atoms with Crippen molar-refractivity contribution in [3.63, 3.8) is 0 Å². The van der Waals surface area contributed by atoms with Crippen LogP contribution in [0.15, 0.2) is 18.2 Å². The van der Waals surface area contributed by atoms with Crippen LogP contribution in [-0.2, 0) is 5.41 Å². The van der Waals surface area contributed by atoms with Crippen molar-refractivity contribution in [3.05, 3.63) is 29.6 Å². The molecule has 1 N–H and O–H groups in total. The third-order valence-corrected chi connectivity index (χ3v) is 3.22. The van der Waals surface area contributed by atoms with Crippen molar-refractivity contribution < 1.29 is 9.13 Å². The summed E-state index contributed by atoms with van der Waals surface area (Å²) >= 11 is 0. The molecular formula is C14H22FNO. The Balaban J connectivity index is 3.05. The SMILES string of the molecule is CNC(C)CC(C)(C)c1cccc(OC)c1F. The van der Waals surface area contributed by atoms with Crippen LogP contribution in [0, 0.1) is 5.82 Å². The highest BCUT2D eigenvalue weighted by Crippen LogP contribution is 2.33. The Labute approximate surface area is 103 Å². The number of benzene rings is 1. The number of ether oxygens (including phenoxy) is 1. The van der Waals surface area contributed by atoms with Gasteiger partial charge >= 0.3 is 0 Å². The molecule has 96 valence electrons. The van der Waals surface area contributed by atoms with E-state index in [4.69, 9.17) is 4.74 Å². The monoisotopic (exact) mass is 239 g/mol. The van der Waals surface area contributed by atoms with Gasteiger partial charge in [0.25, 0.3) is 0 Å². The highest BCUT2D eigenvalue weighted by atomic mass is 19.1. The van der Waals surface area contributed by atoms with Gasteiger partial charge < -0.3 is 10.1 Å². The van der Waals surface area contributed by atoms with Crippen LogP contribution in [-0.4, -0.2) is 20.2 Å². The maximum Gasteiger partial charge on any atom is 0.168 e. The molecule has 0 amide bonds. The van der Waals surface area contributed by atoms with Crippen molar-refractivity contribution in [2.45, 2.75) is 38.6 Å². The summed E-state index contributed by atoms with van der Waals surface area (Å²) in [7, 11) is 3.41. The Morgan fingerprint density at radius 1 is 1.41 bits per heavy atom. The van der Waals surface area contributed by atoms with E-state index in [0.717, 1.165) is 6.42 Å². The van der Waals surface area contributed by atoms with Crippen LogP contribution in [0.4, 0.5) is 4.39 Å². The van der Waals surface area contributed by atoms with Crippen LogP contribution < -0.4 is 10.1 Å². The number of methoxy groups -OCH3 is 1. The summed E-state index contributed by atoms with van der Waals surface area (Å²) in [4.78, 5) is 0. The summed E-state index contributed by atoms with van der Waals surface area (Å²) in [5.41, 5.74) is 0.486. The molecule has 0 heterocycles. The summed E-state index contributed by atoms with van der Waals surface area (Å²) in [5, 5.41) is 3.19. The van der Waals surface area contributed by atoms with Gasteiger partial charge in [-0.15, -0.1) is 0 Å². The predicted octanol–water partition coefficient (Wildman–Crippen LogP) is 3.11. The molecule has 0 fully saturated rings. The molecule has 0 spiro atoms. The van der Waals surface area contributed by atoms with Gasteiger partial charge in [-0.1, -0.05) is 26.0 Å². The van der Waals surface area contributed by atoms with Crippen molar-refractivity contribution in [1.82, 2.24) is 5.32 Å². The lowest BCUT2D eigenvalue weighted by Gasteiger charge is -2.29. The fraction of sp³-hybridized carbons (Fsp3) is 0.571. The van der Waals surface area contributed by atoms with Crippen LogP contribution in [0.3, 0.4) is 0 Å². The standard InChI is InChI=1S/C14H22FNO/c1-10(16-4)9-14(2,3)11-7-6-8-12(17-5)13(11)15/h6-8,10,16H,9H2,1-5H3. The molecule has 0 aliphatic rings. The van der Waals surface area contributed by atoms with E-state index in [1.165, 1.54) is 7.11 Å². The van der Waals surface area contributed by atoms with Crippen LogP contribution in [0.1, 0.15) is 32.8 Å². The van der Waals surface area contributed by atoms with E-state index in [1.807, 2.05) is 19.2 Å². The van der Waals surface area contributed by atoms with Crippen LogP contribution >= 0.6 is 0 Å². The molecule has 0 saturated heterocycles. The summed E-state index contributed by atoms with van der Waals surface area (Å²) in [6, 6.07) is 5.66. The minimum Gasteiger partial charge on any atom is -0.494 e. The molecule has 3 heteroatoms. The van der Waals surface area contributed by atoms with Gasteiger partial charge in [0.1, 0.15) is 0 Å². The molecule has 0 radical (unpaired) electrons. The highest BCUT2D eigenvalue weighted by Gasteiger charge is 2.27. The topological polar surface area (TPSA) is 21.3 Å². The van der Waals surface area contributed by atoms with E-state index in [1.54, 1.807) is 6.07 Å². The molecule has 1 rings (SSSR count). The van der Waals surface area contributed by atoms with Crippen molar-refractivity contribution in [1.29, 1.82) is 0 Å².